The molecule has 0 aliphatic rings. The van der Waals surface area contributed by atoms with Gasteiger partial charge in [0.2, 0.25) is 0 Å². The molecule has 0 saturated carbocycles. The van der Waals surface area contributed by atoms with Gasteiger partial charge in [-0.15, -0.1) is 0 Å². The van der Waals surface area contributed by atoms with E-state index in [1.165, 1.54) is 11.3 Å². The van der Waals surface area contributed by atoms with Crippen molar-refractivity contribution in [2.24, 2.45) is 0 Å². The number of amides is 1. The van der Waals surface area contributed by atoms with Gasteiger partial charge in [0.05, 0.1) is 32.6 Å². The van der Waals surface area contributed by atoms with Gasteiger partial charge in [-0.2, -0.15) is 0 Å². The first-order valence-electron chi connectivity index (χ1n) is 8.93. The summed E-state index contributed by atoms with van der Waals surface area (Å²) in [5.74, 6) is -0.203. The highest BCUT2D eigenvalue weighted by Crippen LogP contribution is 2.32. The summed E-state index contributed by atoms with van der Waals surface area (Å²) in [7, 11) is 0. The largest absolute Gasteiger partial charge is 0.298 e. The van der Waals surface area contributed by atoms with Crippen molar-refractivity contribution in [3.63, 3.8) is 0 Å². The van der Waals surface area contributed by atoms with Crippen LogP contribution in [0, 0.1) is 13.8 Å². The van der Waals surface area contributed by atoms with Crippen LogP contribution in [0.2, 0.25) is 0 Å². The number of carbonyl (C=O) groups excluding carboxylic acids is 1. The van der Waals surface area contributed by atoms with E-state index in [-0.39, 0.29) is 5.91 Å². The predicted molar refractivity (Wildman–Crippen MR) is 114 cm³/mol. The van der Waals surface area contributed by atoms with Crippen molar-refractivity contribution in [3.8, 4) is 0 Å². The van der Waals surface area contributed by atoms with E-state index in [0.717, 1.165) is 37.9 Å². The molecule has 2 aromatic heterocycles. The molecular formula is C22H16N4OS. The maximum absolute atomic E-state index is 12.8. The first-order chi connectivity index (χ1) is 13.6. The number of benzene rings is 3. The van der Waals surface area contributed by atoms with Crippen LogP contribution < -0.4 is 5.32 Å². The van der Waals surface area contributed by atoms with Crippen LogP contribution >= 0.6 is 11.3 Å². The number of fused-ring (bicyclic) bond motifs is 4. The highest BCUT2D eigenvalue weighted by Gasteiger charge is 2.13. The van der Waals surface area contributed by atoms with Gasteiger partial charge < -0.3 is 0 Å². The van der Waals surface area contributed by atoms with E-state index in [2.05, 4.69) is 38.5 Å². The molecule has 2 heterocycles. The number of aromatic nitrogens is 3. The van der Waals surface area contributed by atoms with Crippen LogP contribution in [0.4, 0.5) is 5.13 Å². The summed E-state index contributed by atoms with van der Waals surface area (Å²) in [6.45, 7) is 3.85. The van der Waals surface area contributed by atoms with Crippen molar-refractivity contribution in [1.29, 1.82) is 0 Å². The van der Waals surface area contributed by atoms with Crippen LogP contribution in [0.5, 0.6) is 0 Å². The smallest absolute Gasteiger partial charge is 0.257 e. The molecule has 0 radical (unpaired) electrons. The quantitative estimate of drug-likeness (QED) is 0.451. The Labute approximate surface area is 165 Å². The Balaban J connectivity index is 1.50. The molecule has 3 aromatic carbocycles. The van der Waals surface area contributed by atoms with Crippen molar-refractivity contribution in [1.82, 2.24) is 15.0 Å². The topological polar surface area (TPSA) is 67.8 Å². The molecule has 5 aromatic rings. The molecule has 5 nitrogen and oxygen atoms in total. The molecule has 28 heavy (non-hydrogen) atoms. The van der Waals surface area contributed by atoms with Gasteiger partial charge in [0.1, 0.15) is 0 Å². The molecule has 0 unspecified atom stereocenters. The van der Waals surface area contributed by atoms with Crippen LogP contribution in [-0.4, -0.2) is 20.9 Å². The fourth-order valence-electron chi connectivity index (χ4n) is 3.26. The lowest BCUT2D eigenvalue weighted by molar-refractivity contribution is 0.102. The summed E-state index contributed by atoms with van der Waals surface area (Å²) in [6.07, 6.45) is 0. The van der Waals surface area contributed by atoms with Gasteiger partial charge in [-0.3, -0.25) is 10.1 Å². The van der Waals surface area contributed by atoms with Gasteiger partial charge in [-0.05, 0) is 43.5 Å². The minimum Gasteiger partial charge on any atom is -0.298 e. The monoisotopic (exact) mass is 384 g/mol. The molecular weight excluding hydrogens is 368 g/mol. The van der Waals surface area contributed by atoms with Crippen molar-refractivity contribution < 1.29 is 4.79 Å². The fourth-order valence-corrected chi connectivity index (χ4v) is 4.13. The standard InChI is InChI=1S/C22H16N4OS/c1-12-13(2)24-18-11-15(7-9-17(18)23-12)21(27)26-22-25-20-16-6-4-3-5-14(16)8-10-19(20)28-22/h3-11H,1-2H3,(H,25,26,27). The molecule has 0 aliphatic heterocycles. The summed E-state index contributed by atoms with van der Waals surface area (Å²) >= 11 is 1.47. The Morgan fingerprint density at radius 1 is 0.893 bits per heavy atom. The molecule has 0 spiro atoms. The van der Waals surface area contributed by atoms with E-state index in [4.69, 9.17) is 0 Å². The van der Waals surface area contributed by atoms with Gasteiger partial charge in [-0.1, -0.05) is 41.7 Å². The van der Waals surface area contributed by atoms with E-state index >= 15 is 0 Å². The van der Waals surface area contributed by atoms with Gasteiger partial charge in [0.15, 0.2) is 5.13 Å². The number of nitrogens with zero attached hydrogens (tertiary/aromatic N) is 3. The molecule has 0 saturated heterocycles. The molecule has 136 valence electrons. The third-order valence-electron chi connectivity index (χ3n) is 4.84. The van der Waals surface area contributed by atoms with E-state index in [1.807, 2.05) is 38.1 Å². The Morgan fingerprint density at radius 2 is 1.68 bits per heavy atom. The molecule has 1 amide bonds. The third-order valence-corrected chi connectivity index (χ3v) is 5.78. The molecule has 0 bridgehead atoms. The predicted octanol–water partition coefficient (Wildman–Crippen LogP) is 5.26. The normalized spacial score (nSPS) is 11.4. The average Bonchev–Trinajstić information content (AvgIpc) is 3.11. The minimum absolute atomic E-state index is 0.203. The lowest BCUT2D eigenvalue weighted by atomic mass is 10.1. The van der Waals surface area contributed by atoms with Crippen LogP contribution in [0.1, 0.15) is 21.7 Å². The second-order valence-electron chi connectivity index (χ2n) is 6.70. The Bertz CT molecular complexity index is 1390. The summed E-state index contributed by atoms with van der Waals surface area (Å²) < 4.78 is 1.05. The number of thiazole rings is 1. The van der Waals surface area contributed by atoms with E-state index in [0.29, 0.717) is 16.2 Å². The maximum atomic E-state index is 12.8. The maximum Gasteiger partial charge on any atom is 0.257 e. The van der Waals surface area contributed by atoms with Gasteiger partial charge in [-0.25, -0.2) is 15.0 Å². The second-order valence-corrected chi connectivity index (χ2v) is 7.74. The summed E-state index contributed by atoms with van der Waals surface area (Å²) in [6, 6.07) is 17.6. The second kappa shape index (κ2) is 6.35. The number of nitrogens with one attached hydrogen (secondary N) is 1. The first kappa shape index (κ1) is 16.8. The Hall–Kier alpha value is -3.38. The van der Waals surface area contributed by atoms with E-state index in [9.17, 15) is 4.79 Å². The number of aryl methyl sites for hydroxylation is 2. The highest BCUT2D eigenvalue weighted by atomic mass is 32.1. The average molecular weight is 384 g/mol. The van der Waals surface area contributed by atoms with Crippen LogP contribution in [0.15, 0.2) is 54.6 Å². The van der Waals surface area contributed by atoms with E-state index in [1.54, 1.807) is 12.1 Å². The highest BCUT2D eigenvalue weighted by molar-refractivity contribution is 7.22. The van der Waals surface area contributed by atoms with Gasteiger partial charge in [0.25, 0.3) is 5.91 Å². The summed E-state index contributed by atoms with van der Waals surface area (Å²) in [5, 5.41) is 5.73. The summed E-state index contributed by atoms with van der Waals surface area (Å²) in [5.41, 5.74) is 4.70. The van der Waals surface area contributed by atoms with Crippen LogP contribution in [0.3, 0.4) is 0 Å². The minimum atomic E-state index is -0.203. The summed E-state index contributed by atoms with van der Waals surface area (Å²) in [4.78, 5) is 26.5. The van der Waals surface area contributed by atoms with Crippen molar-refractivity contribution >= 4 is 54.4 Å². The molecule has 0 atom stereocenters. The van der Waals surface area contributed by atoms with Crippen LogP contribution in [-0.2, 0) is 0 Å². The molecule has 0 aliphatic carbocycles. The zero-order valence-electron chi connectivity index (χ0n) is 15.4. The van der Waals surface area contributed by atoms with Crippen LogP contribution in [0.25, 0.3) is 32.0 Å². The number of rotatable bonds is 2. The Kier molecular flexibility index (Phi) is 3.80. The zero-order chi connectivity index (χ0) is 19.3. The fraction of sp³-hybridized carbons (Fsp3) is 0.0909. The first-order valence-corrected chi connectivity index (χ1v) is 9.75. The number of carbonyl (C=O) groups is 1. The van der Waals surface area contributed by atoms with Gasteiger partial charge in [0, 0.05) is 10.9 Å². The SMILES string of the molecule is Cc1nc2ccc(C(=O)Nc3nc4c(ccc5ccccc54)s3)cc2nc1C. The molecule has 6 heteroatoms. The number of hydrogen-bond donors (Lipinski definition) is 1. The Morgan fingerprint density at radius 3 is 2.54 bits per heavy atom. The van der Waals surface area contributed by atoms with Crippen molar-refractivity contribution in [3.05, 3.63) is 71.5 Å². The molecule has 0 fully saturated rings. The number of anilines is 1. The van der Waals surface area contributed by atoms with Crippen molar-refractivity contribution in [2.45, 2.75) is 13.8 Å². The lowest BCUT2D eigenvalue weighted by Gasteiger charge is -2.05. The van der Waals surface area contributed by atoms with Gasteiger partial charge >= 0.3 is 0 Å². The number of hydrogen-bond acceptors (Lipinski definition) is 5. The third kappa shape index (κ3) is 2.78. The lowest BCUT2D eigenvalue weighted by Crippen LogP contribution is -2.11. The molecule has 5 rings (SSSR count). The van der Waals surface area contributed by atoms with E-state index < -0.39 is 0 Å². The zero-order valence-corrected chi connectivity index (χ0v) is 16.2. The van der Waals surface area contributed by atoms with Crippen molar-refractivity contribution in [2.75, 3.05) is 5.32 Å². The molecule has 1 N–H and O–H groups in total.